The first-order valence-electron chi connectivity index (χ1n) is 10.5. The summed E-state index contributed by atoms with van der Waals surface area (Å²) in [7, 11) is -3.82. The van der Waals surface area contributed by atoms with Crippen LogP contribution in [0.1, 0.15) is 23.7 Å². The molecule has 2 N–H and O–H groups in total. The maximum absolute atomic E-state index is 12.8. The number of carbonyl (C=O) groups excluding carboxylic acids is 2. The Morgan fingerprint density at radius 3 is 2.57 bits per heavy atom. The largest absolute Gasteiger partial charge is 0.354 e. The zero-order valence-corrected chi connectivity index (χ0v) is 18.3. The number of nitrogens with zero attached hydrogens (tertiary/aromatic N) is 3. The van der Waals surface area contributed by atoms with Gasteiger partial charge in [0.15, 0.2) is 0 Å². The van der Waals surface area contributed by atoms with E-state index in [1.54, 1.807) is 12.1 Å². The number of carbonyl (C=O) groups is 2. The fourth-order valence-electron chi connectivity index (χ4n) is 3.70. The van der Waals surface area contributed by atoms with Crippen molar-refractivity contribution in [1.29, 1.82) is 0 Å². The quantitative estimate of drug-likeness (QED) is 0.535. The molecule has 10 heteroatoms. The van der Waals surface area contributed by atoms with Gasteiger partial charge in [-0.25, -0.2) is 8.42 Å². The zero-order valence-electron chi connectivity index (χ0n) is 17.5. The molecule has 0 radical (unpaired) electrons. The highest BCUT2D eigenvalue weighted by Gasteiger charge is 2.29. The summed E-state index contributed by atoms with van der Waals surface area (Å²) < 4.78 is 26.7. The van der Waals surface area contributed by atoms with Gasteiger partial charge in [0.1, 0.15) is 0 Å². The highest BCUT2D eigenvalue weighted by atomic mass is 32.2. The van der Waals surface area contributed by atoms with Crippen LogP contribution in [0.5, 0.6) is 0 Å². The normalized spacial score (nSPS) is 19.4. The van der Waals surface area contributed by atoms with E-state index < -0.39 is 10.0 Å². The van der Waals surface area contributed by atoms with Crippen molar-refractivity contribution in [3.8, 4) is 0 Å². The summed E-state index contributed by atoms with van der Waals surface area (Å²) >= 11 is 0. The number of rotatable bonds is 8. The number of amides is 2. The van der Waals surface area contributed by atoms with Gasteiger partial charge in [-0.2, -0.15) is 4.31 Å². The van der Waals surface area contributed by atoms with Crippen LogP contribution in [0.25, 0.3) is 0 Å². The van der Waals surface area contributed by atoms with Gasteiger partial charge in [-0.05, 0) is 37.7 Å². The molecular formula is C20H31N5O4S. The third kappa shape index (κ3) is 5.78. The minimum Gasteiger partial charge on any atom is -0.354 e. The van der Waals surface area contributed by atoms with Gasteiger partial charge in [0.25, 0.3) is 5.91 Å². The smallest absolute Gasteiger partial charge is 0.251 e. The van der Waals surface area contributed by atoms with Crippen molar-refractivity contribution < 1.29 is 18.0 Å². The van der Waals surface area contributed by atoms with E-state index in [2.05, 4.69) is 27.4 Å². The second-order valence-corrected chi connectivity index (χ2v) is 9.54. The van der Waals surface area contributed by atoms with Crippen molar-refractivity contribution in [2.45, 2.75) is 18.2 Å². The Kier molecular flexibility index (Phi) is 7.81. The summed E-state index contributed by atoms with van der Waals surface area (Å²) in [4.78, 5) is 28.9. The second kappa shape index (κ2) is 10.3. The first-order chi connectivity index (χ1) is 14.4. The fraction of sp³-hybridized carbons (Fsp3) is 0.600. The maximum Gasteiger partial charge on any atom is 0.251 e. The van der Waals surface area contributed by atoms with Gasteiger partial charge in [0.2, 0.25) is 15.9 Å². The molecule has 1 aromatic rings. The van der Waals surface area contributed by atoms with Gasteiger partial charge < -0.3 is 20.4 Å². The average molecular weight is 438 g/mol. The molecule has 0 bridgehead atoms. The molecule has 2 fully saturated rings. The fourth-order valence-corrected chi connectivity index (χ4v) is 5.15. The van der Waals surface area contributed by atoms with Gasteiger partial charge in [0.05, 0.1) is 11.4 Å². The molecule has 1 aromatic carbocycles. The van der Waals surface area contributed by atoms with Crippen LogP contribution in [0.15, 0.2) is 29.2 Å². The highest BCUT2D eigenvalue weighted by Crippen LogP contribution is 2.18. The lowest BCUT2D eigenvalue weighted by Crippen LogP contribution is -2.49. The van der Waals surface area contributed by atoms with Crippen LogP contribution >= 0.6 is 0 Å². The van der Waals surface area contributed by atoms with E-state index >= 15 is 0 Å². The van der Waals surface area contributed by atoms with Crippen molar-refractivity contribution in [3.05, 3.63) is 29.8 Å². The summed E-state index contributed by atoms with van der Waals surface area (Å²) in [5.41, 5.74) is 0.300. The molecule has 30 heavy (non-hydrogen) atoms. The molecule has 2 aliphatic rings. The third-order valence-electron chi connectivity index (χ3n) is 5.59. The lowest BCUT2D eigenvalue weighted by atomic mass is 10.2. The molecule has 2 amide bonds. The zero-order chi connectivity index (χ0) is 21.6. The number of nitrogens with one attached hydrogen (secondary N) is 2. The Morgan fingerprint density at radius 1 is 1.13 bits per heavy atom. The average Bonchev–Trinajstić information content (AvgIpc) is 2.77. The molecule has 0 aromatic heterocycles. The monoisotopic (exact) mass is 437 g/mol. The Labute approximate surface area is 178 Å². The predicted octanol–water partition coefficient (Wildman–Crippen LogP) is -0.435. The molecule has 0 atom stereocenters. The number of hydrogen-bond acceptors (Lipinski definition) is 6. The van der Waals surface area contributed by atoms with Crippen LogP contribution in [-0.4, -0.2) is 99.8 Å². The highest BCUT2D eigenvalue weighted by molar-refractivity contribution is 7.89. The molecule has 3 rings (SSSR count). The Hall–Kier alpha value is -2.01. The van der Waals surface area contributed by atoms with E-state index in [1.165, 1.54) is 12.1 Å². The van der Waals surface area contributed by atoms with E-state index in [0.717, 1.165) is 50.0 Å². The molecule has 0 spiro atoms. The standard InChI is InChI=1S/C20H31N5O4S/c1-2-23-11-13-24(14-12-23)9-4-7-22-20(27)17-5-3-6-18(15-17)30(28,29)25-10-8-21-19(26)16-25/h3,5-6,15H,2,4,7-14,16H2,1H3,(H,21,26)(H,22,27). The van der Waals surface area contributed by atoms with Gasteiger partial charge in [-0.3, -0.25) is 9.59 Å². The Balaban J connectivity index is 1.50. The van der Waals surface area contributed by atoms with Crippen LogP contribution in [0, 0.1) is 0 Å². The van der Waals surface area contributed by atoms with Crippen molar-refractivity contribution >= 4 is 21.8 Å². The third-order valence-corrected chi connectivity index (χ3v) is 7.43. The van der Waals surface area contributed by atoms with Crippen molar-refractivity contribution in [2.75, 3.05) is 65.4 Å². The Morgan fingerprint density at radius 2 is 1.87 bits per heavy atom. The first kappa shape index (κ1) is 22.7. The molecule has 166 valence electrons. The number of hydrogen-bond donors (Lipinski definition) is 2. The summed E-state index contributed by atoms with van der Waals surface area (Å²) in [6.45, 7) is 9.31. The molecule has 2 heterocycles. The van der Waals surface area contributed by atoms with Gasteiger partial charge in [-0.1, -0.05) is 13.0 Å². The first-order valence-corrected chi connectivity index (χ1v) is 11.9. The van der Waals surface area contributed by atoms with Gasteiger partial charge in [-0.15, -0.1) is 0 Å². The van der Waals surface area contributed by atoms with Gasteiger partial charge in [0, 0.05) is 51.4 Å². The SMILES string of the molecule is CCN1CCN(CCCNC(=O)c2cccc(S(=O)(=O)N3CCNC(=O)C3)c2)CC1. The Bertz CT molecular complexity index is 853. The summed E-state index contributed by atoms with van der Waals surface area (Å²) in [5.74, 6) is -0.617. The van der Waals surface area contributed by atoms with Crippen LogP contribution in [0.4, 0.5) is 0 Å². The molecule has 0 unspecified atom stereocenters. The van der Waals surface area contributed by atoms with Gasteiger partial charge >= 0.3 is 0 Å². The number of sulfonamides is 1. The van der Waals surface area contributed by atoms with Crippen molar-refractivity contribution in [2.24, 2.45) is 0 Å². The second-order valence-electron chi connectivity index (χ2n) is 7.60. The minimum absolute atomic E-state index is 0.0265. The van der Waals surface area contributed by atoms with E-state index in [1.807, 2.05) is 0 Å². The number of piperazine rings is 2. The summed E-state index contributed by atoms with van der Waals surface area (Å²) in [6.07, 6.45) is 0.846. The lowest BCUT2D eigenvalue weighted by Gasteiger charge is -2.33. The van der Waals surface area contributed by atoms with E-state index in [0.29, 0.717) is 12.1 Å². The molecule has 0 aliphatic carbocycles. The molecular weight excluding hydrogens is 406 g/mol. The molecule has 9 nitrogen and oxygen atoms in total. The van der Waals surface area contributed by atoms with E-state index in [-0.39, 0.29) is 36.3 Å². The maximum atomic E-state index is 12.8. The van der Waals surface area contributed by atoms with Crippen molar-refractivity contribution in [3.63, 3.8) is 0 Å². The van der Waals surface area contributed by atoms with Crippen LogP contribution in [-0.2, 0) is 14.8 Å². The number of likely N-dealkylation sites (N-methyl/N-ethyl adjacent to an activating group) is 1. The van der Waals surface area contributed by atoms with Crippen LogP contribution < -0.4 is 10.6 Å². The van der Waals surface area contributed by atoms with E-state index in [4.69, 9.17) is 0 Å². The predicted molar refractivity (Wildman–Crippen MR) is 114 cm³/mol. The van der Waals surface area contributed by atoms with E-state index in [9.17, 15) is 18.0 Å². The van der Waals surface area contributed by atoms with Crippen molar-refractivity contribution in [1.82, 2.24) is 24.7 Å². The summed E-state index contributed by atoms with van der Waals surface area (Å²) in [5, 5.41) is 5.48. The van der Waals surface area contributed by atoms with Crippen LogP contribution in [0.2, 0.25) is 0 Å². The minimum atomic E-state index is -3.82. The number of benzene rings is 1. The van der Waals surface area contributed by atoms with Crippen LogP contribution in [0.3, 0.4) is 0 Å². The molecule has 2 aliphatic heterocycles. The lowest BCUT2D eigenvalue weighted by molar-refractivity contribution is -0.122. The molecule has 2 saturated heterocycles. The summed E-state index contributed by atoms with van der Waals surface area (Å²) in [6, 6.07) is 5.98. The molecule has 0 saturated carbocycles. The topological polar surface area (TPSA) is 102 Å².